The van der Waals surface area contributed by atoms with Crippen LogP contribution in [-0.2, 0) is 19.3 Å². The summed E-state index contributed by atoms with van der Waals surface area (Å²) in [5, 5.41) is 8.66. The summed E-state index contributed by atoms with van der Waals surface area (Å²) < 4.78 is 50.5. The molecule has 1 rings (SSSR count). The summed E-state index contributed by atoms with van der Waals surface area (Å²) in [6.07, 6.45) is 3.07. The van der Waals surface area contributed by atoms with E-state index < -0.39 is 18.8 Å². The lowest BCUT2D eigenvalue weighted by molar-refractivity contribution is 0.0360. The molecule has 0 spiro atoms. The molecule has 0 atom stereocenters. The number of halogens is 2. The lowest BCUT2D eigenvalue weighted by Crippen LogP contribution is -2.18. The van der Waals surface area contributed by atoms with Gasteiger partial charge in [0.25, 0.3) is 0 Å². The number of aliphatic hydroxyl groups excluding tert-OH is 1. The molecule has 4 nitrogen and oxygen atoms in total. The molecule has 0 unspecified atom stereocenters. The van der Waals surface area contributed by atoms with Crippen molar-refractivity contribution in [2.24, 2.45) is 0 Å². The fourth-order valence-electron chi connectivity index (χ4n) is 1.68. The number of aliphatic hydroxyl groups is 1. The summed E-state index contributed by atoms with van der Waals surface area (Å²) in [6.45, 7) is 2.55. The van der Waals surface area contributed by atoms with Crippen LogP contribution >= 0.6 is 7.60 Å². The molecule has 1 N–H and O–H groups in total. The highest BCUT2D eigenvalue weighted by Crippen LogP contribution is 2.66. The summed E-state index contributed by atoms with van der Waals surface area (Å²) in [6, 6.07) is 5.22. The molecule has 7 heteroatoms. The average Bonchev–Trinajstić information content (AvgIpc) is 2.46. The Morgan fingerprint density at radius 2 is 1.71 bits per heavy atom. The Hall–Kier alpha value is -1.07. The lowest BCUT2D eigenvalue weighted by atomic mass is 10.1. The van der Waals surface area contributed by atoms with Crippen molar-refractivity contribution in [3.63, 3.8) is 0 Å². The molecule has 0 saturated heterocycles. The van der Waals surface area contributed by atoms with Gasteiger partial charge in [0.1, 0.15) is 0 Å². The van der Waals surface area contributed by atoms with Crippen LogP contribution < -0.4 is 0 Å². The van der Waals surface area contributed by atoms with Gasteiger partial charge < -0.3 is 14.2 Å². The molecule has 0 aliphatic rings. The second-order valence-electron chi connectivity index (χ2n) is 4.08. The van der Waals surface area contributed by atoms with E-state index in [0.717, 1.165) is 0 Å². The highest BCUT2D eigenvalue weighted by atomic mass is 31.2. The first-order chi connectivity index (χ1) is 9.91. The van der Waals surface area contributed by atoms with E-state index in [2.05, 4.69) is 0 Å². The highest BCUT2D eigenvalue weighted by Gasteiger charge is 2.54. The Morgan fingerprint density at radius 3 is 2.14 bits per heavy atom. The van der Waals surface area contributed by atoms with E-state index in [1.54, 1.807) is 6.08 Å². The fourth-order valence-corrected chi connectivity index (χ4v) is 3.22. The number of hydrogen-bond donors (Lipinski definition) is 1. The first-order valence-corrected chi connectivity index (χ1v) is 8.10. The number of benzene rings is 1. The molecule has 0 amide bonds. The van der Waals surface area contributed by atoms with Crippen molar-refractivity contribution in [1.29, 1.82) is 0 Å². The summed E-state index contributed by atoms with van der Waals surface area (Å²) in [5.41, 5.74) is -3.52. The monoisotopic (exact) mass is 320 g/mol. The molecule has 0 fully saturated rings. The summed E-state index contributed by atoms with van der Waals surface area (Å²) in [4.78, 5) is 0. The standard InChI is InChI=1S/C14H19F2O4P/c1-3-19-21(18,20-4-2)14(15,16)13-9-7-12(8-10-13)6-5-11-17/h5-10,17H,3-4,11H2,1-2H3. The third-order valence-corrected chi connectivity index (χ3v) is 4.76. The number of rotatable bonds is 8. The topological polar surface area (TPSA) is 55.8 Å². The van der Waals surface area contributed by atoms with Crippen LogP contribution in [0.3, 0.4) is 0 Å². The first kappa shape index (κ1) is 18.0. The molecule has 0 aromatic heterocycles. The van der Waals surface area contributed by atoms with Crippen LogP contribution in [0.15, 0.2) is 30.3 Å². The fraction of sp³-hybridized carbons (Fsp3) is 0.429. The van der Waals surface area contributed by atoms with Gasteiger partial charge in [0.05, 0.1) is 19.8 Å². The van der Waals surface area contributed by atoms with Crippen LogP contribution in [0, 0.1) is 0 Å². The predicted octanol–water partition coefficient (Wildman–Crippen LogP) is 4.01. The zero-order chi connectivity index (χ0) is 15.9. The van der Waals surface area contributed by atoms with Crippen LogP contribution in [0.4, 0.5) is 8.78 Å². The molecule has 21 heavy (non-hydrogen) atoms. The summed E-state index contributed by atoms with van der Waals surface area (Å²) >= 11 is 0. The van der Waals surface area contributed by atoms with Gasteiger partial charge in [0.2, 0.25) is 0 Å². The minimum Gasteiger partial charge on any atom is -0.392 e. The van der Waals surface area contributed by atoms with Gasteiger partial charge in [-0.3, -0.25) is 4.57 Å². The molecule has 0 radical (unpaired) electrons. The van der Waals surface area contributed by atoms with E-state index >= 15 is 0 Å². The SMILES string of the molecule is CCOP(=O)(OCC)C(F)(F)c1ccc(C=CCO)cc1. The van der Waals surface area contributed by atoms with Crippen LogP contribution in [-0.4, -0.2) is 24.9 Å². The minimum absolute atomic E-state index is 0.135. The van der Waals surface area contributed by atoms with E-state index in [9.17, 15) is 13.3 Å². The molecule has 1 aromatic carbocycles. The Kier molecular flexibility index (Phi) is 6.68. The Morgan fingerprint density at radius 1 is 1.19 bits per heavy atom. The molecular formula is C14H19F2O4P. The Labute approximate surface area is 122 Å². The van der Waals surface area contributed by atoms with E-state index in [4.69, 9.17) is 14.2 Å². The second kappa shape index (κ2) is 7.80. The van der Waals surface area contributed by atoms with Crippen molar-refractivity contribution >= 4 is 13.7 Å². The van der Waals surface area contributed by atoms with Crippen LogP contribution in [0.25, 0.3) is 6.08 Å². The first-order valence-electron chi connectivity index (χ1n) is 6.56. The Bertz CT molecular complexity index is 504. The zero-order valence-electron chi connectivity index (χ0n) is 12.0. The molecule has 0 aliphatic heterocycles. The van der Waals surface area contributed by atoms with Crippen molar-refractivity contribution < 1.29 is 27.5 Å². The molecule has 118 valence electrons. The average molecular weight is 320 g/mol. The quantitative estimate of drug-likeness (QED) is 0.735. The van der Waals surface area contributed by atoms with Gasteiger partial charge in [-0.25, -0.2) is 0 Å². The highest BCUT2D eigenvalue weighted by molar-refractivity contribution is 7.54. The molecule has 0 saturated carbocycles. The van der Waals surface area contributed by atoms with E-state index in [1.807, 2.05) is 0 Å². The van der Waals surface area contributed by atoms with Crippen molar-refractivity contribution in [1.82, 2.24) is 0 Å². The molecular weight excluding hydrogens is 301 g/mol. The summed E-state index contributed by atoms with van der Waals surface area (Å²) in [7, 11) is -4.57. The predicted molar refractivity (Wildman–Crippen MR) is 77.3 cm³/mol. The third-order valence-electron chi connectivity index (χ3n) is 2.62. The van der Waals surface area contributed by atoms with Gasteiger partial charge in [0, 0.05) is 5.56 Å². The normalized spacial score (nSPS) is 13.0. The van der Waals surface area contributed by atoms with Gasteiger partial charge in [0.15, 0.2) is 0 Å². The van der Waals surface area contributed by atoms with E-state index in [0.29, 0.717) is 5.56 Å². The van der Waals surface area contributed by atoms with Gasteiger partial charge >= 0.3 is 13.3 Å². The smallest absolute Gasteiger partial charge is 0.392 e. The van der Waals surface area contributed by atoms with Crippen molar-refractivity contribution in [2.75, 3.05) is 19.8 Å². The van der Waals surface area contributed by atoms with E-state index in [-0.39, 0.29) is 19.8 Å². The lowest BCUT2D eigenvalue weighted by Gasteiger charge is -2.26. The zero-order valence-corrected chi connectivity index (χ0v) is 12.9. The van der Waals surface area contributed by atoms with Gasteiger partial charge in [-0.1, -0.05) is 36.4 Å². The largest absolute Gasteiger partial charge is 0.404 e. The maximum absolute atomic E-state index is 14.4. The van der Waals surface area contributed by atoms with Crippen LogP contribution in [0.5, 0.6) is 0 Å². The van der Waals surface area contributed by atoms with Gasteiger partial charge in [-0.2, -0.15) is 8.78 Å². The van der Waals surface area contributed by atoms with Crippen molar-refractivity contribution in [3.05, 3.63) is 41.5 Å². The van der Waals surface area contributed by atoms with Gasteiger partial charge in [-0.15, -0.1) is 0 Å². The summed E-state index contributed by atoms with van der Waals surface area (Å²) in [5.74, 6) is 0. The number of alkyl halides is 2. The van der Waals surface area contributed by atoms with E-state index in [1.165, 1.54) is 44.2 Å². The molecule has 0 bridgehead atoms. The van der Waals surface area contributed by atoms with Crippen molar-refractivity contribution in [3.8, 4) is 0 Å². The van der Waals surface area contributed by atoms with Crippen LogP contribution in [0.1, 0.15) is 25.0 Å². The Balaban J connectivity index is 3.10. The second-order valence-corrected chi connectivity index (χ2v) is 6.15. The maximum atomic E-state index is 14.4. The minimum atomic E-state index is -4.57. The number of hydrogen-bond acceptors (Lipinski definition) is 4. The van der Waals surface area contributed by atoms with Crippen molar-refractivity contribution in [2.45, 2.75) is 19.5 Å². The van der Waals surface area contributed by atoms with Gasteiger partial charge in [-0.05, 0) is 19.4 Å². The molecule has 1 aromatic rings. The maximum Gasteiger partial charge on any atom is 0.404 e. The molecule has 0 aliphatic carbocycles. The molecule has 0 heterocycles. The van der Waals surface area contributed by atoms with Crippen LogP contribution in [0.2, 0.25) is 0 Å². The third kappa shape index (κ3) is 4.20.